The van der Waals surface area contributed by atoms with E-state index in [-0.39, 0.29) is 12.5 Å². The first-order valence-corrected chi connectivity index (χ1v) is 5.70. The van der Waals surface area contributed by atoms with E-state index in [4.69, 9.17) is 5.11 Å². The van der Waals surface area contributed by atoms with Gasteiger partial charge in [-0.1, -0.05) is 18.2 Å². The standard InChI is InChI=1S/C13H15N3O2/c1-15(9-10-17)13(18)12-7-8-16(14-12)11-5-3-2-4-6-11/h2-8,17H,9-10H2,1H3. The van der Waals surface area contributed by atoms with Gasteiger partial charge in [-0.25, -0.2) is 4.68 Å². The molecule has 0 atom stereocenters. The van der Waals surface area contributed by atoms with Gasteiger partial charge in [-0.15, -0.1) is 0 Å². The summed E-state index contributed by atoms with van der Waals surface area (Å²) in [4.78, 5) is 13.4. The lowest BCUT2D eigenvalue weighted by molar-refractivity contribution is 0.0760. The summed E-state index contributed by atoms with van der Waals surface area (Å²) in [5.74, 6) is -0.196. The van der Waals surface area contributed by atoms with E-state index in [1.807, 2.05) is 30.3 Å². The molecule has 94 valence electrons. The van der Waals surface area contributed by atoms with E-state index in [1.165, 1.54) is 4.90 Å². The molecule has 0 aliphatic heterocycles. The van der Waals surface area contributed by atoms with Crippen LogP contribution in [0.4, 0.5) is 0 Å². The molecule has 2 aromatic rings. The van der Waals surface area contributed by atoms with Crippen LogP contribution in [-0.4, -0.2) is 45.9 Å². The number of amides is 1. The molecule has 5 nitrogen and oxygen atoms in total. The Hall–Kier alpha value is -2.14. The van der Waals surface area contributed by atoms with Gasteiger partial charge < -0.3 is 10.0 Å². The van der Waals surface area contributed by atoms with Crippen molar-refractivity contribution < 1.29 is 9.90 Å². The van der Waals surface area contributed by atoms with E-state index in [1.54, 1.807) is 24.0 Å². The van der Waals surface area contributed by atoms with Crippen LogP contribution in [0, 0.1) is 0 Å². The number of rotatable bonds is 4. The van der Waals surface area contributed by atoms with Crippen LogP contribution in [0.5, 0.6) is 0 Å². The van der Waals surface area contributed by atoms with E-state index in [9.17, 15) is 4.79 Å². The number of para-hydroxylation sites is 1. The number of hydrogen-bond acceptors (Lipinski definition) is 3. The quantitative estimate of drug-likeness (QED) is 0.872. The summed E-state index contributed by atoms with van der Waals surface area (Å²) in [7, 11) is 1.64. The third-order valence-electron chi connectivity index (χ3n) is 2.61. The Kier molecular flexibility index (Phi) is 3.74. The monoisotopic (exact) mass is 245 g/mol. The number of aromatic nitrogens is 2. The van der Waals surface area contributed by atoms with Crippen LogP contribution < -0.4 is 0 Å². The summed E-state index contributed by atoms with van der Waals surface area (Å²) in [5.41, 5.74) is 1.27. The van der Waals surface area contributed by atoms with Gasteiger partial charge in [0.05, 0.1) is 12.3 Å². The minimum Gasteiger partial charge on any atom is -0.395 e. The maximum absolute atomic E-state index is 11.9. The molecule has 1 N–H and O–H groups in total. The fourth-order valence-corrected chi connectivity index (χ4v) is 1.61. The van der Waals surface area contributed by atoms with Gasteiger partial charge in [0.25, 0.3) is 5.91 Å². The normalized spacial score (nSPS) is 10.3. The fourth-order valence-electron chi connectivity index (χ4n) is 1.61. The predicted octanol–water partition coefficient (Wildman–Crippen LogP) is 0.937. The minimum atomic E-state index is -0.196. The largest absolute Gasteiger partial charge is 0.395 e. The number of nitrogens with zero attached hydrogens (tertiary/aromatic N) is 3. The first-order chi connectivity index (χ1) is 8.72. The van der Waals surface area contributed by atoms with Crippen LogP contribution in [0.3, 0.4) is 0 Å². The molecule has 1 heterocycles. The molecule has 1 amide bonds. The van der Waals surface area contributed by atoms with Crippen molar-refractivity contribution in [2.45, 2.75) is 0 Å². The van der Waals surface area contributed by atoms with Crippen LogP contribution >= 0.6 is 0 Å². The maximum atomic E-state index is 11.9. The summed E-state index contributed by atoms with van der Waals surface area (Å²) in [5, 5.41) is 13.0. The number of aliphatic hydroxyl groups is 1. The summed E-state index contributed by atoms with van der Waals surface area (Å²) >= 11 is 0. The van der Waals surface area contributed by atoms with Crippen LogP contribution in [0.15, 0.2) is 42.6 Å². The number of benzene rings is 1. The smallest absolute Gasteiger partial charge is 0.274 e. The highest BCUT2D eigenvalue weighted by Gasteiger charge is 2.14. The molecule has 0 saturated heterocycles. The second-order valence-corrected chi connectivity index (χ2v) is 3.93. The number of carbonyl (C=O) groups is 1. The Labute approximate surface area is 105 Å². The number of aliphatic hydroxyl groups excluding tert-OH is 1. The van der Waals surface area contributed by atoms with Gasteiger partial charge in [0.1, 0.15) is 0 Å². The zero-order valence-electron chi connectivity index (χ0n) is 10.2. The molecular formula is C13H15N3O2. The zero-order valence-corrected chi connectivity index (χ0v) is 10.2. The highest BCUT2D eigenvalue weighted by atomic mass is 16.3. The third kappa shape index (κ3) is 2.57. The molecule has 0 radical (unpaired) electrons. The number of likely N-dealkylation sites (N-methyl/N-ethyl adjacent to an activating group) is 1. The van der Waals surface area contributed by atoms with Gasteiger partial charge in [0.15, 0.2) is 5.69 Å². The Bertz CT molecular complexity index is 522. The molecule has 1 aromatic heterocycles. The van der Waals surface area contributed by atoms with Gasteiger partial charge in [-0.3, -0.25) is 4.79 Å². The van der Waals surface area contributed by atoms with Gasteiger partial charge >= 0.3 is 0 Å². The highest BCUT2D eigenvalue weighted by Crippen LogP contribution is 2.08. The Balaban J connectivity index is 2.18. The molecule has 0 unspecified atom stereocenters. The zero-order chi connectivity index (χ0) is 13.0. The summed E-state index contributed by atoms with van der Waals surface area (Å²) in [6.45, 7) is 0.249. The van der Waals surface area contributed by atoms with Gasteiger partial charge in [-0.2, -0.15) is 5.10 Å². The molecule has 0 fully saturated rings. The average molecular weight is 245 g/mol. The minimum absolute atomic E-state index is 0.0539. The molecule has 0 saturated carbocycles. The topological polar surface area (TPSA) is 58.4 Å². The average Bonchev–Trinajstić information content (AvgIpc) is 2.89. The van der Waals surface area contributed by atoms with E-state index in [0.29, 0.717) is 12.2 Å². The van der Waals surface area contributed by atoms with Crippen molar-refractivity contribution in [2.24, 2.45) is 0 Å². The van der Waals surface area contributed by atoms with E-state index in [2.05, 4.69) is 5.10 Å². The van der Waals surface area contributed by atoms with E-state index < -0.39 is 0 Å². The maximum Gasteiger partial charge on any atom is 0.274 e. The Morgan fingerprint density at radius 3 is 2.72 bits per heavy atom. The van der Waals surface area contributed by atoms with Crippen molar-refractivity contribution in [3.63, 3.8) is 0 Å². The SMILES string of the molecule is CN(CCO)C(=O)c1ccn(-c2ccccc2)n1. The molecule has 18 heavy (non-hydrogen) atoms. The first-order valence-electron chi connectivity index (χ1n) is 5.70. The molecule has 0 aliphatic rings. The van der Waals surface area contributed by atoms with Crippen LogP contribution in [-0.2, 0) is 0 Å². The van der Waals surface area contributed by atoms with Crippen LogP contribution in [0.1, 0.15) is 10.5 Å². The number of hydrogen-bond donors (Lipinski definition) is 1. The molecular weight excluding hydrogens is 230 g/mol. The van der Waals surface area contributed by atoms with Crippen molar-refractivity contribution >= 4 is 5.91 Å². The lowest BCUT2D eigenvalue weighted by atomic mass is 10.3. The predicted molar refractivity (Wildman–Crippen MR) is 67.6 cm³/mol. The molecule has 0 bridgehead atoms. The fraction of sp³-hybridized carbons (Fsp3) is 0.231. The van der Waals surface area contributed by atoms with Crippen molar-refractivity contribution in [1.29, 1.82) is 0 Å². The third-order valence-corrected chi connectivity index (χ3v) is 2.61. The lowest BCUT2D eigenvalue weighted by Crippen LogP contribution is -2.29. The molecule has 5 heteroatoms. The second kappa shape index (κ2) is 5.46. The van der Waals surface area contributed by atoms with Gasteiger partial charge in [0.2, 0.25) is 0 Å². The molecule has 0 aliphatic carbocycles. The number of carbonyl (C=O) groups excluding carboxylic acids is 1. The van der Waals surface area contributed by atoms with E-state index >= 15 is 0 Å². The molecule has 2 rings (SSSR count). The molecule has 1 aromatic carbocycles. The summed E-state index contributed by atoms with van der Waals surface area (Å²) in [6, 6.07) is 11.3. The van der Waals surface area contributed by atoms with Crippen molar-refractivity contribution in [3.05, 3.63) is 48.3 Å². The Morgan fingerprint density at radius 1 is 1.33 bits per heavy atom. The first kappa shape index (κ1) is 12.3. The van der Waals surface area contributed by atoms with Crippen LogP contribution in [0.25, 0.3) is 5.69 Å². The van der Waals surface area contributed by atoms with Gasteiger partial charge in [-0.05, 0) is 18.2 Å². The summed E-state index contributed by atoms with van der Waals surface area (Å²) < 4.78 is 1.65. The van der Waals surface area contributed by atoms with E-state index in [0.717, 1.165) is 5.69 Å². The highest BCUT2D eigenvalue weighted by molar-refractivity contribution is 5.92. The second-order valence-electron chi connectivity index (χ2n) is 3.93. The van der Waals surface area contributed by atoms with Crippen molar-refractivity contribution in [1.82, 2.24) is 14.7 Å². The van der Waals surface area contributed by atoms with Crippen LogP contribution in [0.2, 0.25) is 0 Å². The lowest BCUT2D eigenvalue weighted by Gasteiger charge is -2.13. The molecule has 0 spiro atoms. The summed E-state index contributed by atoms with van der Waals surface area (Å²) in [6.07, 6.45) is 1.75. The Morgan fingerprint density at radius 2 is 2.06 bits per heavy atom. The van der Waals surface area contributed by atoms with Gasteiger partial charge in [0, 0.05) is 19.8 Å². The van der Waals surface area contributed by atoms with Crippen molar-refractivity contribution in [3.8, 4) is 5.69 Å². The van der Waals surface area contributed by atoms with Crippen molar-refractivity contribution in [2.75, 3.05) is 20.2 Å².